The van der Waals surface area contributed by atoms with E-state index in [2.05, 4.69) is 0 Å². The van der Waals surface area contributed by atoms with Gasteiger partial charge in [-0.1, -0.05) is 6.07 Å². The molecule has 0 aromatic heterocycles. The van der Waals surface area contributed by atoms with Crippen molar-refractivity contribution < 1.29 is 32.6 Å². The summed E-state index contributed by atoms with van der Waals surface area (Å²) >= 11 is 0. The van der Waals surface area contributed by atoms with Crippen LogP contribution in [0, 0.1) is 0 Å². The summed E-state index contributed by atoms with van der Waals surface area (Å²) in [6.07, 6.45) is 1.03. The van der Waals surface area contributed by atoms with Crippen molar-refractivity contribution in [2.24, 2.45) is 0 Å². The van der Waals surface area contributed by atoms with Crippen molar-refractivity contribution in [2.45, 2.75) is 31.3 Å². The number of carbonyl (C=O) groups is 2. The topological polar surface area (TPSA) is 110 Å². The predicted molar refractivity (Wildman–Crippen MR) is 105 cm³/mol. The van der Waals surface area contributed by atoms with Crippen LogP contribution in [0.4, 0.5) is 5.69 Å². The number of benzene rings is 2. The molecule has 1 amide bonds. The predicted octanol–water partition coefficient (Wildman–Crippen LogP) is 2.89. The fraction of sp³-hybridized carbons (Fsp3) is 0.300. The lowest BCUT2D eigenvalue weighted by molar-refractivity contribution is -0.152. The van der Waals surface area contributed by atoms with E-state index in [1.54, 1.807) is 20.8 Å². The second kappa shape index (κ2) is 7.07. The monoisotopic (exact) mass is 419 g/mol. The van der Waals surface area contributed by atoms with Crippen molar-refractivity contribution in [3.05, 3.63) is 42.0 Å². The first-order valence-electron chi connectivity index (χ1n) is 8.74. The van der Waals surface area contributed by atoms with Crippen molar-refractivity contribution in [2.75, 3.05) is 17.7 Å². The van der Waals surface area contributed by atoms with Crippen molar-refractivity contribution in [1.82, 2.24) is 0 Å². The van der Waals surface area contributed by atoms with Crippen LogP contribution < -0.4 is 9.64 Å². The number of nitrogens with zero attached hydrogens (tertiary/aromatic N) is 1. The van der Waals surface area contributed by atoms with E-state index in [1.165, 1.54) is 36.4 Å². The highest BCUT2D eigenvalue weighted by Crippen LogP contribution is 2.42. The standard InChI is InChI=1S/C20H21NO7S/c1-20(2,3)28-17(23)11-21-13-10-12(29(4,25)26)8-9-15(13)27-16-7-5-6-14(22)18(16)19(21)24/h5-10,22H,11H2,1-4H3. The third-order valence-corrected chi connectivity index (χ3v) is 5.15. The Kier molecular flexibility index (Phi) is 5.04. The highest BCUT2D eigenvalue weighted by atomic mass is 32.2. The second-order valence-corrected chi connectivity index (χ2v) is 9.65. The number of ether oxygens (including phenoxy) is 2. The molecule has 0 saturated heterocycles. The molecule has 8 nitrogen and oxygen atoms in total. The summed E-state index contributed by atoms with van der Waals surface area (Å²) < 4.78 is 35.1. The molecule has 0 bridgehead atoms. The van der Waals surface area contributed by atoms with E-state index in [4.69, 9.17) is 9.47 Å². The Morgan fingerprint density at radius 1 is 1.17 bits per heavy atom. The van der Waals surface area contributed by atoms with Gasteiger partial charge in [-0.05, 0) is 51.1 Å². The zero-order valence-corrected chi connectivity index (χ0v) is 17.2. The average molecular weight is 419 g/mol. The van der Waals surface area contributed by atoms with Crippen molar-refractivity contribution >= 4 is 27.4 Å². The molecule has 1 heterocycles. The van der Waals surface area contributed by atoms with Crippen molar-refractivity contribution in [1.29, 1.82) is 0 Å². The van der Waals surface area contributed by atoms with E-state index in [0.717, 1.165) is 11.2 Å². The van der Waals surface area contributed by atoms with Gasteiger partial charge in [-0.25, -0.2) is 8.42 Å². The summed E-state index contributed by atoms with van der Waals surface area (Å²) in [5.74, 6) is -1.47. The first-order chi connectivity index (χ1) is 13.4. The Hall–Kier alpha value is -3.07. The van der Waals surface area contributed by atoms with Gasteiger partial charge >= 0.3 is 5.97 Å². The average Bonchev–Trinajstić information content (AvgIpc) is 2.68. The smallest absolute Gasteiger partial charge is 0.326 e. The quantitative estimate of drug-likeness (QED) is 0.762. The van der Waals surface area contributed by atoms with E-state index in [1.807, 2.05) is 0 Å². The number of fused-ring (bicyclic) bond motifs is 2. The number of rotatable bonds is 3. The third kappa shape index (κ3) is 4.34. The summed E-state index contributed by atoms with van der Waals surface area (Å²) in [7, 11) is -3.58. The zero-order valence-electron chi connectivity index (χ0n) is 16.4. The summed E-state index contributed by atoms with van der Waals surface area (Å²) in [4.78, 5) is 26.6. The fourth-order valence-electron chi connectivity index (χ4n) is 2.87. The number of sulfone groups is 1. The highest BCUT2D eigenvalue weighted by Gasteiger charge is 2.33. The number of aromatic hydroxyl groups is 1. The molecule has 0 unspecified atom stereocenters. The zero-order chi connectivity index (χ0) is 21.6. The van der Waals surface area contributed by atoms with Crippen molar-refractivity contribution in [3.8, 4) is 17.2 Å². The highest BCUT2D eigenvalue weighted by molar-refractivity contribution is 7.90. The van der Waals surface area contributed by atoms with Gasteiger partial charge < -0.3 is 14.6 Å². The molecule has 154 valence electrons. The molecule has 9 heteroatoms. The summed E-state index contributed by atoms with van der Waals surface area (Å²) in [5, 5.41) is 10.2. The number of carbonyl (C=O) groups excluding carboxylic acids is 2. The molecule has 1 aliphatic rings. The van der Waals surface area contributed by atoms with E-state index >= 15 is 0 Å². The van der Waals surface area contributed by atoms with Crippen LogP contribution in [-0.4, -0.2) is 43.8 Å². The van der Waals surface area contributed by atoms with Crippen LogP contribution in [0.5, 0.6) is 17.2 Å². The minimum atomic E-state index is -3.58. The van der Waals surface area contributed by atoms with Gasteiger partial charge in [-0.3, -0.25) is 14.5 Å². The minimum absolute atomic E-state index is 0.0444. The lowest BCUT2D eigenvalue weighted by Crippen LogP contribution is -2.38. The van der Waals surface area contributed by atoms with Gasteiger partial charge in [-0.15, -0.1) is 0 Å². The maximum absolute atomic E-state index is 13.2. The normalized spacial score (nSPS) is 13.8. The van der Waals surface area contributed by atoms with Gasteiger partial charge in [0.25, 0.3) is 5.91 Å². The van der Waals surface area contributed by atoms with Gasteiger partial charge in [-0.2, -0.15) is 0 Å². The van der Waals surface area contributed by atoms with Crippen LogP contribution >= 0.6 is 0 Å². The molecule has 0 atom stereocenters. The first kappa shape index (κ1) is 20.7. The molecule has 2 aromatic carbocycles. The van der Waals surface area contributed by atoms with Crippen LogP contribution in [0.25, 0.3) is 0 Å². The molecule has 0 radical (unpaired) electrons. The molecular formula is C20H21NO7S. The molecule has 0 saturated carbocycles. The third-order valence-electron chi connectivity index (χ3n) is 4.04. The SMILES string of the molecule is CC(C)(C)OC(=O)CN1C(=O)c2c(O)cccc2Oc2ccc(S(C)(=O)=O)cc21. The Morgan fingerprint density at radius 3 is 2.48 bits per heavy atom. The maximum Gasteiger partial charge on any atom is 0.326 e. The van der Waals surface area contributed by atoms with Crippen LogP contribution in [-0.2, 0) is 19.4 Å². The van der Waals surface area contributed by atoms with Gasteiger partial charge in [0.1, 0.15) is 29.2 Å². The number of hydrogen-bond donors (Lipinski definition) is 1. The molecule has 1 aliphatic heterocycles. The molecule has 0 aliphatic carbocycles. The van der Waals surface area contributed by atoms with E-state index in [-0.39, 0.29) is 33.4 Å². The van der Waals surface area contributed by atoms with Gasteiger partial charge in [0.2, 0.25) is 0 Å². The summed E-state index contributed by atoms with van der Waals surface area (Å²) in [5.41, 5.74) is -0.826. The maximum atomic E-state index is 13.2. The Bertz CT molecular complexity index is 1100. The van der Waals surface area contributed by atoms with Crippen LogP contribution in [0.1, 0.15) is 31.1 Å². The van der Waals surface area contributed by atoms with Gasteiger partial charge in [0.15, 0.2) is 15.6 Å². The van der Waals surface area contributed by atoms with Crippen LogP contribution in [0.3, 0.4) is 0 Å². The fourth-order valence-corrected chi connectivity index (χ4v) is 3.51. The van der Waals surface area contributed by atoms with E-state index < -0.39 is 33.9 Å². The number of esters is 1. The minimum Gasteiger partial charge on any atom is -0.507 e. The Balaban J connectivity index is 2.16. The largest absolute Gasteiger partial charge is 0.507 e. The van der Waals surface area contributed by atoms with Gasteiger partial charge in [0.05, 0.1) is 10.6 Å². The van der Waals surface area contributed by atoms with Crippen LogP contribution in [0.2, 0.25) is 0 Å². The number of anilines is 1. The molecule has 0 fully saturated rings. The molecule has 29 heavy (non-hydrogen) atoms. The molecule has 2 aromatic rings. The van der Waals surface area contributed by atoms with Crippen molar-refractivity contribution in [3.63, 3.8) is 0 Å². The Morgan fingerprint density at radius 2 is 1.86 bits per heavy atom. The molecule has 0 spiro atoms. The molecular weight excluding hydrogens is 398 g/mol. The first-order valence-corrected chi connectivity index (χ1v) is 10.6. The molecule has 1 N–H and O–H groups in total. The summed E-state index contributed by atoms with van der Waals surface area (Å²) in [6.45, 7) is 4.58. The number of hydrogen-bond acceptors (Lipinski definition) is 7. The van der Waals surface area contributed by atoms with Gasteiger partial charge in [0, 0.05) is 6.26 Å². The molecule has 3 rings (SSSR count). The summed E-state index contributed by atoms with van der Waals surface area (Å²) in [6, 6.07) is 8.34. The van der Waals surface area contributed by atoms with Crippen LogP contribution in [0.15, 0.2) is 41.3 Å². The van der Waals surface area contributed by atoms with E-state index in [9.17, 15) is 23.1 Å². The second-order valence-electron chi connectivity index (χ2n) is 7.63. The lowest BCUT2D eigenvalue weighted by atomic mass is 10.1. The number of phenolic OH excluding ortho intramolecular Hbond substituents is 1. The Labute approximate surface area is 168 Å². The lowest BCUT2D eigenvalue weighted by Gasteiger charge is -2.25. The van der Waals surface area contributed by atoms with E-state index in [0.29, 0.717) is 0 Å². The number of phenols is 1. The number of amides is 1.